The second-order valence-corrected chi connectivity index (χ2v) is 4.30. The summed E-state index contributed by atoms with van der Waals surface area (Å²) in [5.41, 5.74) is 1.10. The maximum Gasteiger partial charge on any atom is 0.229 e. The molecule has 0 spiro atoms. The molecule has 16 heavy (non-hydrogen) atoms. The van der Waals surface area contributed by atoms with Gasteiger partial charge in [-0.3, -0.25) is 4.68 Å². The average molecular weight is 218 g/mol. The predicted octanol–water partition coefficient (Wildman–Crippen LogP) is 1.66. The van der Waals surface area contributed by atoms with Crippen LogP contribution in [0.3, 0.4) is 0 Å². The van der Waals surface area contributed by atoms with Gasteiger partial charge in [-0.2, -0.15) is 10.1 Å². The maximum absolute atomic E-state index is 5.27. The standard InChI is InChI=1S/C11H14N4O/c1-15-9(5-6-12-15)7-10-13-11(16-14-10)8-3-2-4-8/h5-6,8H,2-4,7H2,1H3. The molecule has 84 valence electrons. The molecule has 2 heterocycles. The highest BCUT2D eigenvalue weighted by atomic mass is 16.5. The molecule has 2 aromatic heterocycles. The van der Waals surface area contributed by atoms with Gasteiger partial charge in [0.25, 0.3) is 0 Å². The molecular formula is C11H14N4O. The third kappa shape index (κ3) is 1.62. The minimum Gasteiger partial charge on any atom is -0.339 e. The number of aromatic nitrogens is 4. The van der Waals surface area contributed by atoms with Crippen molar-refractivity contribution in [1.29, 1.82) is 0 Å². The van der Waals surface area contributed by atoms with Crippen LogP contribution in [0, 0.1) is 0 Å². The Kier molecular flexibility index (Phi) is 2.23. The molecule has 2 aromatic rings. The van der Waals surface area contributed by atoms with E-state index in [0.717, 1.165) is 17.4 Å². The number of hydrogen-bond acceptors (Lipinski definition) is 4. The Morgan fingerprint density at radius 3 is 3.00 bits per heavy atom. The fraction of sp³-hybridized carbons (Fsp3) is 0.545. The molecule has 0 amide bonds. The van der Waals surface area contributed by atoms with Gasteiger partial charge in [0.15, 0.2) is 5.82 Å². The van der Waals surface area contributed by atoms with Crippen molar-refractivity contribution in [3.8, 4) is 0 Å². The summed E-state index contributed by atoms with van der Waals surface area (Å²) >= 11 is 0. The highest BCUT2D eigenvalue weighted by Crippen LogP contribution is 2.35. The molecule has 5 nitrogen and oxygen atoms in total. The lowest BCUT2D eigenvalue weighted by atomic mass is 9.85. The van der Waals surface area contributed by atoms with Crippen LogP contribution in [-0.4, -0.2) is 19.9 Å². The van der Waals surface area contributed by atoms with Gasteiger partial charge in [0, 0.05) is 24.9 Å². The second-order valence-electron chi connectivity index (χ2n) is 4.30. The quantitative estimate of drug-likeness (QED) is 0.786. The highest BCUT2D eigenvalue weighted by molar-refractivity contribution is 5.08. The molecule has 1 aliphatic rings. The summed E-state index contributed by atoms with van der Waals surface area (Å²) < 4.78 is 7.10. The van der Waals surface area contributed by atoms with Crippen LogP contribution in [0.5, 0.6) is 0 Å². The highest BCUT2D eigenvalue weighted by Gasteiger charge is 2.25. The van der Waals surface area contributed by atoms with Crippen molar-refractivity contribution < 1.29 is 4.52 Å². The minimum absolute atomic E-state index is 0.507. The number of nitrogens with zero attached hydrogens (tertiary/aromatic N) is 4. The van der Waals surface area contributed by atoms with Crippen LogP contribution in [-0.2, 0) is 13.5 Å². The van der Waals surface area contributed by atoms with Gasteiger partial charge in [0.05, 0.1) is 6.42 Å². The Labute approximate surface area is 93.5 Å². The predicted molar refractivity (Wildman–Crippen MR) is 56.9 cm³/mol. The summed E-state index contributed by atoms with van der Waals surface area (Å²) in [5, 5.41) is 8.12. The van der Waals surface area contributed by atoms with Gasteiger partial charge in [0.1, 0.15) is 0 Å². The van der Waals surface area contributed by atoms with Crippen LogP contribution in [0.15, 0.2) is 16.8 Å². The first-order valence-corrected chi connectivity index (χ1v) is 5.62. The third-order valence-corrected chi connectivity index (χ3v) is 3.20. The normalized spacial score (nSPS) is 16.3. The molecule has 1 aliphatic carbocycles. The molecular weight excluding hydrogens is 204 g/mol. The van der Waals surface area contributed by atoms with Crippen LogP contribution < -0.4 is 0 Å². The van der Waals surface area contributed by atoms with E-state index in [0.29, 0.717) is 12.3 Å². The van der Waals surface area contributed by atoms with E-state index in [2.05, 4.69) is 15.2 Å². The first kappa shape index (κ1) is 9.57. The largest absolute Gasteiger partial charge is 0.339 e. The smallest absolute Gasteiger partial charge is 0.229 e. The SMILES string of the molecule is Cn1nccc1Cc1noc(C2CCC2)n1. The van der Waals surface area contributed by atoms with Gasteiger partial charge >= 0.3 is 0 Å². The van der Waals surface area contributed by atoms with Gasteiger partial charge in [-0.25, -0.2) is 0 Å². The molecule has 3 rings (SSSR count). The van der Waals surface area contributed by atoms with Crippen molar-refractivity contribution in [3.05, 3.63) is 29.7 Å². The van der Waals surface area contributed by atoms with Gasteiger partial charge in [-0.15, -0.1) is 0 Å². The Morgan fingerprint density at radius 1 is 1.50 bits per heavy atom. The van der Waals surface area contributed by atoms with E-state index in [1.54, 1.807) is 6.20 Å². The zero-order chi connectivity index (χ0) is 11.0. The van der Waals surface area contributed by atoms with Crippen LogP contribution >= 0.6 is 0 Å². The fourth-order valence-electron chi connectivity index (χ4n) is 1.90. The molecule has 0 aliphatic heterocycles. The first-order chi connectivity index (χ1) is 7.83. The van der Waals surface area contributed by atoms with Crippen LogP contribution in [0.4, 0.5) is 0 Å². The molecule has 5 heteroatoms. The monoisotopic (exact) mass is 218 g/mol. The van der Waals surface area contributed by atoms with E-state index in [4.69, 9.17) is 4.52 Å². The summed E-state index contributed by atoms with van der Waals surface area (Å²) in [6, 6.07) is 1.97. The van der Waals surface area contributed by atoms with E-state index in [9.17, 15) is 0 Å². The topological polar surface area (TPSA) is 56.7 Å². The Balaban J connectivity index is 1.75. The molecule has 0 saturated heterocycles. The lowest BCUT2D eigenvalue weighted by molar-refractivity contribution is 0.291. The summed E-state index contributed by atoms with van der Waals surface area (Å²) in [6.07, 6.45) is 6.12. The summed E-state index contributed by atoms with van der Waals surface area (Å²) in [6.45, 7) is 0. The molecule has 1 fully saturated rings. The van der Waals surface area contributed by atoms with Crippen molar-refractivity contribution in [2.75, 3.05) is 0 Å². The molecule has 0 N–H and O–H groups in total. The van der Waals surface area contributed by atoms with Crippen molar-refractivity contribution in [1.82, 2.24) is 19.9 Å². The summed E-state index contributed by atoms with van der Waals surface area (Å²) in [7, 11) is 1.92. The summed E-state index contributed by atoms with van der Waals surface area (Å²) in [5.74, 6) is 2.07. The molecule has 0 aromatic carbocycles. The van der Waals surface area contributed by atoms with E-state index in [-0.39, 0.29) is 0 Å². The van der Waals surface area contributed by atoms with Crippen LogP contribution in [0.25, 0.3) is 0 Å². The lowest BCUT2D eigenvalue weighted by Crippen LogP contribution is -2.09. The zero-order valence-electron chi connectivity index (χ0n) is 9.26. The second kappa shape index (κ2) is 3.73. The van der Waals surface area contributed by atoms with Crippen LogP contribution in [0.2, 0.25) is 0 Å². The van der Waals surface area contributed by atoms with Crippen LogP contribution in [0.1, 0.15) is 42.6 Å². The van der Waals surface area contributed by atoms with Gasteiger partial charge in [0.2, 0.25) is 5.89 Å². The van der Waals surface area contributed by atoms with E-state index < -0.39 is 0 Å². The average Bonchev–Trinajstić information content (AvgIpc) is 2.76. The van der Waals surface area contributed by atoms with E-state index in [1.807, 2.05) is 17.8 Å². The lowest BCUT2D eigenvalue weighted by Gasteiger charge is -2.20. The fourth-order valence-corrected chi connectivity index (χ4v) is 1.90. The van der Waals surface area contributed by atoms with Gasteiger partial charge < -0.3 is 4.52 Å². The number of hydrogen-bond donors (Lipinski definition) is 0. The van der Waals surface area contributed by atoms with Crippen molar-refractivity contribution >= 4 is 0 Å². The van der Waals surface area contributed by atoms with Crippen molar-refractivity contribution in [2.24, 2.45) is 7.05 Å². The van der Waals surface area contributed by atoms with E-state index >= 15 is 0 Å². The molecule has 1 saturated carbocycles. The molecule has 0 atom stereocenters. The molecule has 0 radical (unpaired) electrons. The first-order valence-electron chi connectivity index (χ1n) is 5.62. The van der Waals surface area contributed by atoms with E-state index in [1.165, 1.54) is 19.3 Å². The Hall–Kier alpha value is -1.65. The third-order valence-electron chi connectivity index (χ3n) is 3.20. The Morgan fingerprint density at radius 2 is 2.38 bits per heavy atom. The number of aryl methyl sites for hydroxylation is 1. The van der Waals surface area contributed by atoms with Crippen molar-refractivity contribution in [2.45, 2.75) is 31.6 Å². The van der Waals surface area contributed by atoms with Crippen molar-refractivity contribution in [3.63, 3.8) is 0 Å². The van der Waals surface area contributed by atoms with Gasteiger partial charge in [-0.1, -0.05) is 11.6 Å². The molecule has 0 bridgehead atoms. The Bertz CT molecular complexity index is 484. The minimum atomic E-state index is 0.507. The van der Waals surface area contributed by atoms with Gasteiger partial charge in [-0.05, 0) is 18.9 Å². The molecule has 0 unspecified atom stereocenters. The number of rotatable bonds is 3. The zero-order valence-corrected chi connectivity index (χ0v) is 9.26. The maximum atomic E-state index is 5.27. The summed E-state index contributed by atoms with van der Waals surface area (Å²) in [4.78, 5) is 4.43.